The summed E-state index contributed by atoms with van der Waals surface area (Å²) >= 11 is 10.4. The molecule has 0 unspecified atom stereocenters. The molecule has 0 amide bonds. The van der Waals surface area contributed by atoms with E-state index in [1.807, 2.05) is 6.92 Å². The van der Waals surface area contributed by atoms with E-state index in [4.69, 9.17) is 25.8 Å². The molecular formula is C21H19BrClN3O5S. The number of aromatic amines is 1. The van der Waals surface area contributed by atoms with Crippen LogP contribution in [-0.4, -0.2) is 47.1 Å². The Morgan fingerprint density at radius 1 is 1.25 bits per heavy atom. The third-order valence-corrected chi connectivity index (χ3v) is 5.83. The highest BCUT2D eigenvalue weighted by molar-refractivity contribution is 9.10. The molecule has 0 aliphatic heterocycles. The Labute approximate surface area is 202 Å². The lowest BCUT2D eigenvalue weighted by Crippen LogP contribution is -1.99. The minimum absolute atomic E-state index is 0.0214. The van der Waals surface area contributed by atoms with Crippen molar-refractivity contribution < 1.29 is 24.1 Å². The Morgan fingerprint density at radius 2 is 2.03 bits per heavy atom. The summed E-state index contributed by atoms with van der Waals surface area (Å²) in [4.78, 5) is 16.3. The lowest BCUT2D eigenvalue weighted by atomic mass is 10.2. The number of carboxylic acids is 1. The van der Waals surface area contributed by atoms with Crippen LogP contribution >= 0.6 is 39.3 Å². The van der Waals surface area contributed by atoms with Crippen LogP contribution in [0.5, 0.6) is 17.2 Å². The van der Waals surface area contributed by atoms with E-state index in [1.165, 1.54) is 20.3 Å². The smallest absolute Gasteiger partial charge is 0.342 e. The van der Waals surface area contributed by atoms with E-state index in [2.05, 4.69) is 31.1 Å². The molecule has 32 heavy (non-hydrogen) atoms. The van der Waals surface area contributed by atoms with Crippen LogP contribution in [0.3, 0.4) is 0 Å². The van der Waals surface area contributed by atoms with Crippen LogP contribution in [0.15, 0.2) is 44.9 Å². The first-order valence-electron chi connectivity index (χ1n) is 9.25. The highest BCUT2D eigenvalue weighted by atomic mass is 79.9. The van der Waals surface area contributed by atoms with Crippen LogP contribution in [0.2, 0.25) is 5.02 Å². The van der Waals surface area contributed by atoms with Gasteiger partial charge in [0, 0.05) is 5.02 Å². The van der Waals surface area contributed by atoms with Gasteiger partial charge in [-0.3, -0.25) is 5.10 Å². The molecule has 168 valence electrons. The molecule has 0 spiro atoms. The Hall–Kier alpha value is -2.69. The van der Waals surface area contributed by atoms with Crippen molar-refractivity contribution in [1.29, 1.82) is 0 Å². The summed E-state index contributed by atoms with van der Waals surface area (Å²) in [6.45, 7) is 2.29. The van der Waals surface area contributed by atoms with E-state index in [0.717, 1.165) is 11.8 Å². The quantitative estimate of drug-likeness (QED) is 0.270. The predicted octanol–water partition coefficient (Wildman–Crippen LogP) is 5.52. The number of carboxylic acid groups (broad SMARTS) is 1. The Bertz CT molecular complexity index is 1170. The van der Waals surface area contributed by atoms with Gasteiger partial charge in [0.2, 0.25) is 5.16 Å². The van der Waals surface area contributed by atoms with Crippen molar-refractivity contribution in [3.05, 3.63) is 50.3 Å². The number of halogens is 2. The first-order valence-corrected chi connectivity index (χ1v) is 11.2. The zero-order chi connectivity index (χ0) is 23.3. The zero-order valence-electron chi connectivity index (χ0n) is 17.3. The van der Waals surface area contributed by atoms with E-state index in [-0.39, 0.29) is 10.1 Å². The Morgan fingerprint density at radius 3 is 2.69 bits per heavy atom. The summed E-state index contributed by atoms with van der Waals surface area (Å²) in [7, 11) is 3.07. The van der Waals surface area contributed by atoms with Gasteiger partial charge in [-0.05, 0) is 76.6 Å². The number of benzene rings is 2. The molecule has 8 nitrogen and oxygen atoms in total. The number of carbonyl (C=O) groups is 1. The molecule has 0 radical (unpaired) electrons. The van der Waals surface area contributed by atoms with Crippen LogP contribution in [0.25, 0.3) is 17.5 Å². The van der Waals surface area contributed by atoms with Crippen molar-refractivity contribution in [2.45, 2.75) is 12.1 Å². The summed E-state index contributed by atoms with van der Waals surface area (Å²) in [5.41, 5.74) is 1.22. The second-order valence-corrected chi connectivity index (χ2v) is 8.49. The number of aromatic nitrogens is 3. The molecule has 0 atom stereocenters. The third kappa shape index (κ3) is 5.56. The molecule has 0 saturated carbocycles. The van der Waals surface area contributed by atoms with Gasteiger partial charge in [-0.25, -0.2) is 9.78 Å². The first-order chi connectivity index (χ1) is 15.4. The number of methoxy groups -OCH3 is 2. The molecule has 0 aliphatic rings. The highest BCUT2D eigenvalue weighted by Gasteiger charge is 2.18. The van der Waals surface area contributed by atoms with Crippen LogP contribution in [0.1, 0.15) is 12.5 Å². The third-order valence-electron chi connectivity index (χ3n) is 4.13. The maximum absolute atomic E-state index is 11.9. The molecule has 0 saturated heterocycles. The molecule has 1 aromatic heterocycles. The maximum Gasteiger partial charge on any atom is 0.342 e. The monoisotopic (exact) mass is 539 g/mol. The van der Waals surface area contributed by atoms with Crippen molar-refractivity contribution >= 4 is 51.3 Å². The van der Waals surface area contributed by atoms with Crippen molar-refractivity contribution in [3.63, 3.8) is 0 Å². The Kier molecular flexibility index (Phi) is 8.05. The minimum atomic E-state index is -1.12. The molecule has 11 heteroatoms. The fourth-order valence-corrected chi connectivity index (χ4v) is 4.30. The van der Waals surface area contributed by atoms with Gasteiger partial charge >= 0.3 is 5.97 Å². The number of hydrogen-bond acceptors (Lipinski definition) is 7. The number of nitrogens with zero attached hydrogens (tertiary/aromatic N) is 2. The summed E-state index contributed by atoms with van der Waals surface area (Å²) in [5, 5.41) is 17.4. The van der Waals surface area contributed by atoms with E-state index in [0.29, 0.717) is 50.3 Å². The average Bonchev–Trinajstić information content (AvgIpc) is 3.22. The van der Waals surface area contributed by atoms with Gasteiger partial charge in [-0.1, -0.05) is 11.6 Å². The molecule has 2 N–H and O–H groups in total. The van der Waals surface area contributed by atoms with Gasteiger partial charge < -0.3 is 19.3 Å². The molecule has 0 bridgehead atoms. The lowest BCUT2D eigenvalue weighted by Gasteiger charge is -2.12. The number of ether oxygens (including phenoxy) is 3. The standard InChI is InChI=1S/C21H19BrClN3O5S/c1-4-31-16-8-11(7-14(22)18(16)30-3)9-17(20(27)28)32-21-24-19(25-26-21)13-10-12(23)5-6-15(13)29-2/h5-10H,4H2,1-3H3,(H,27,28)(H,24,25,26)/b17-9-. The SMILES string of the molecule is CCOc1cc(/C=C(\Sc2n[nH]c(-c3cc(Cl)ccc3OC)n2)C(=O)O)cc(Br)c1OC. The van der Waals surface area contributed by atoms with E-state index in [1.54, 1.807) is 30.3 Å². The van der Waals surface area contributed by atoms with E-state index >= 15 is 0 Å². The number of H-pyrrole nitrogens is 1. The van der Waals surface area contributed by atoms with E-state index < -0.39 is 5.97 Å². The van der Waals surface area contributed by atoms with Gasteiger partial charge in [-0.15, -0.1) is 5.10 Å². The number of hydrogen-bond donors (Lipinski definition) is 2. The second-order valence-electron chi connectivity index (χ2n) is 6.19. The normalized spacial score (nSPS) is 11.3. The molecule has 1 heterocycles. The van der Waals surface area contributed by atoms with Crippen LogP contribution in [0, 0.1) is 0 Å². The molecule has 3 rings (SSSR count). The molecule has 3 aromatic rings. The van der Waals surface area contributed by atoms with Gasteiger partial charge in [0.15, 0.2) is 17.3 Å². The second kappa shape index (κ2) is 10.8. The highest BCUT2D eigenvalue weighted by Crippen LogP contribution is 2.38. The average molecular weight is 541 g/mol. The van der Waals surface area contributed by atoms with Crippen molar-refractivity contribution in [2.24, 2.45) is 0 Å². The fraction of sp³-hybridized carbons (Fsp3) is 0.190. The fourth-order valence-electron chi connectivity index (χ4n) is 2.79. The molecule has 0 fully saturated rings. The topological polar surface area (TPSA) is 107 Å². The van der Waals surface area contributed by atoms with Crippen molar-refractivity contribution in [1.82, 2.24) is 15.2 Å². The lowest BCUT2D eigenvalue weighted by molar-refractivity contribution is -0.131. The predicted molar refractivity (Wildman–Crippen MR) is 127 cm³/mol. The minimum Gasteiger partial charge on any atom is -0.496 e. The largest absolute Gasteiger partial charge is 0.496 e. The van der Waals surface area contributed by atoms with Crippen molar-refractivity contribution in [2.75, 3.05) is 20.8 Å². The number of nitrogens with one attached hydrogen (secondary N) is 1. The molecule has 0 aliphatic carbocycles. The van der Waals surface area contributed by atoms with Gasteiger partial charge in [-0.2, -0.15) is 0 Å². The first kappa shape index (κ1) is 24.0. The molecular weight excluding hydrogens is 522 g/mol. The summed E-state index contributed by atoms with van der Waals surface area (Å²) in [6.07, 6.45) is 1.51. The van der Waals surface area contributed by atoms with Gasteiger partial charge in [0.05, 0.1) is 30.9 Å². The van der Waals surface area contributed by atoms with Gasteiger partial charge in [0.25, 0.3) is 0 Å². The molecule has 2 aromatic carbocycles. The van der Waals surface area contributed by atoms with Crippen LogP contribution < -0.4 is 14.2 Å². The summed E-state index contributed by atoms with van der Waals surface area (Å²) in [6, 6.07) is 8.55. The summed E-state index contributed by atoms with van der Waals surface area (Å²) < 4.78 is 16.9. The van der Waals surface area contributed by atoms with E-state index in [9.17, 15) is 9.90 Å². The Balaban J connectivity index is 1.93. The maximum atomic E-state index is 11.9. The van der Waals surface area contributed by atoms with Crippen molar-refractivity contribution in [3.8, 4) is 28.6 Å². The van der Waals surface area contributed by atoms with Crippen LogP contribution in [-0.2, 0) is 4.79 Å². The number of rotatable bonds is 9. The summed E-state index contributed by atoms with van der Waals surface area (Å²) in [5.74, 6) is 0.873. The van der Waals surface area contributed by atoms with Gasteiger partial charge in [0.1, 0.15) is 10.7 Å². The number of aliphatic carboxylic acids is 1. The van der Waals surface area contributed by atoms with Crippen LogP contribution in [0.4, 0.5) is 0 Å². The zero-order valence-corrected chi connectivity index (χ0v) is 20.5. The number of thioether (sulfide) groups is 1.